The number of carbonyl (C=O) groups is 1. The fourth-order valence-electron chi connectivity index (χ4n) is 1.42. The molecule has 18 heavy (non-hydrogen) atoms. The summed E-state index contributed by atoms with van der Waals surface area (Å²) in [4.78, 5) is 10.5. The van der Waals surface area contributed by atoms with E-state index in [-0.39, 0.29) is 6.42 Å². The van der Waals surface area contributed by atoms with Crippen molar-refractivity contribution in [3.63, 3.8) is 0 Å². The third kappa shape index (κ3) is 6.55. The number of hydrogen-bond donors (Lipinski definition) is 1. The summed E-state index contributed by atoms with van der Waals surface area (Å²) in [7, 11) is 0. The van der Waals surface area contributed by atoms with Crippen molar-refractivity contribution in [1.82, 2.24) is 0 Å². The quantitative estimate of drug-likeness (QED) is 0.736. The van der Waals surface area contributed by atoms with Gasteiger partial charge in [-0.25, -0.2) is 0 Å². The highest BCUT2D eigenvalue weighted by atomic mass is 32.2. The summed E-state index contributed by atoms with van der Waals surface area (Å²) in [5.74, 6) is 2.84. The Kier molecular flexibility index (Phi) is 6.65. The van der Waals surface area contributed by atoms with E-state index in [9.17, 15) is 4.79 Å². The first-order valence-corrected chi connectivity index (χ1v) is 7.24. The maximum Gasteiger partial charge on any atom is 0.307 e. The van der Waals surface area contributed by atoms with Crippen LogP contribution >= 0.6 is 11.8 Å². The molecule has 1 rings (SSSR count). The van der Waals surface area contributed by atoms with Crippen LogP contribution in [0.2, 0.25) is 0 Å². The zero-order valence-corrected chi connectivity index (χ0v) is 11.7. The fourth-order valence-corrected chi connectivity index (χ4v) is 2.25. The zero-order chi connectivity index (χ0) is 13.4. The highest BCUT2D eigenvalue weighted by Crippen LogP contribution is 2.14. The number of hydrogen-bond acceptors (Lipinski definition) is 3. The molecule has 1 aromatic carbocycles. The van der Waals surface area contributed by atoms with Crippen LogP contribution < -0.4 is 4.74 Å². The third-order valence-corrected chi connectivity index (χ3v) is 3.58. The molecule has 0 aliphatic heterocycles. The first-order valence-electron chi connectivity index (χ1n) is 6.09. The molecule has 0 saturated heterocycles. The van der Waals surface area contributed by atoms with Gasteiger partial charge in [0.15, 0.2) is 0 Å². The molecule has 4 heteroatoms. The van der Waals surface area contributed by atoms with E-state index < -0.39 is 5.97 Å². The van der Waals surface area contributed by atoms with Crippen LogP contribution in [0.25, 0.3) is 0 Å². The van der Waals surface area contributed by atoms with Crippen LogP contribution in [0.5, 0.6) is 5.75 Å². The van der Waals surface area contributed by atoms with Crippen LogP contribution in [0.4, 0.5) is 0 Å². The van der Waals surface area contributed by atoms with Crippen LogP contribution in [0.1, 0.15) is 19.4 Å². The molecular weight excluding hydrogens is 248 g/mol. The molecule has 1 aromatic rings. The summed E-state index contributed by atoms with van der Waals surface area (Å²) in [6.45, 7) is 5.10. The smallest absolute Gasteiger partial charge is 0.307 e. The minimum absolute atomic E-state index is 0.0600. The highest BCUT2D eigenvalue weighted by molar-refractivity contribution is 7.99. The minimum atomic E-state index is -0.811. The summed E-state index contributed by atoms with van der Waals surface area (Å²) >= 11 is 1.89. The Morgan fingerprint density at radius 1 is 1.33 bits per heavy atom. The Bertz CT molecular complexity index is 360. The Balaban J connectivity index is 2.24. The summed E-state index contributed by atoms with van der Waals surface area (Å²) in [6.07, 6.45) is 0.0600. The zero-order valence-electron chi connectivity index (χ0n) is 10.9. The average Bonchev–Trinajstić information content (AvgIpc) is 2.30. The lowest BCUT2D eigenvalue weighted by atomic mass is 10.1. The average molecular weight is 268 g/mol. The number of thioether (sulfide) groups is 1. The molecule has 0 heterocycles. The molecule has 0 aliphatic carbocycles. The summed E-state index contributed by atoms with van der Waals surface area (Å²) in [5, 5.41) is 8.65. The van der Waals surface area contributed by atoms with Crippen LogP contribution in [0.3, 0.4) is 0 Å². The third-order valence-electron chi connectivity index (χ3n) is 2.23. The molecule has 0 aromatic heterocycles. The molecule has 100 valence electrons. The molecular formula is C14H20O3S. The molecule has 1 N–H and O–H groups in total. The van der Waals surface area contributed by atoms with Gasteiger partial charge in [-0.3, -0.25) is 4.79 Å². The monoisotopic (exact) mass is 268 g/mol. The first-order chi connectivity index (χ1) is 8.58. The molecule has 0 spiro atoms. The lowest BCUT2D eigenvalue weighted by molar-refractivity contribution is -0.136. The van der Waals surface area contributed by atoms with E-state index in [2.05, 4.69) is 13.8 Å². The first kappa shape index (κ1) is 14.9. The molecule has 0 aliphatic rings. The molecule has 0 radical (unpaired) electrons. The van der Waals surface area contributed by atoms with Gasteiger partial charge in [0.25, 0.3) is 0 Å². The van der Waals surface area contributed by atoms with Crippen molar-refractivity contribution in [3.05, 3.63) is 29.8 Å². The fraction of sp³-hybridized carbons (Fsp3) is 0.500. The summed E-state index contributed by atoms with van der Waals surface area (Å²) < 4.78 is 5.58. The van der Waals surface area contributed by atoms with Crippen LogP contribution in [0.15, 0.2) is 24.3 Å². The molecule has 0 amide bonds. The van der Waals surface area contributed by atoms with Crippen LogP contribution in [-0.2, 0) is 11.2 Å². The van der Waals surface area contributed by atoms with Gasteiger partial charge in [-0.1, -0.05) is 26.0 Å². The van der Waals surface area contributed by atoms with Crippen molar-refractivity contribution in [3.8, 4) is 5.75 Å². The van der Waals surface area contributed by atoms with E-state index in [0.717, 1.165) is 22.8 Å². The second-order valence-corrected chi connectivity index (χ2v) is 5.68. The molecule has 0 unspecified atom stereocenters. The van der Waals surface area contributed by atoms with Gasteiger partial charge in [-0.05, 0) is 29.4 Å². The van der Waals surface area contributed by atoms with Crippen LogP contribution in [-0.4, -0.2) is 29.2 Å². The number of carboxylic acid groups (broad SMARTS) is 1. The van der Waals surface area contributed by atoms with E-state index in [1.54, 1.807) is 12.1 Å². The standard InChI is InChI=1S/C14H20O3S/c1-11(2)10-18-8-7-17-13-5-3-12(4-6-13)9-14(15)16/h3-6,11H,7-10H2,1-2H3,(H,15,16). The topological polar surface area (TPSA) is 46.5 Å². The predicted molar refractivity (Wildman–Crippen MR) is 75.4 cm³/mol. The van der Waals surface area contributed by atoms with Crippen molar-refractivity contribution >= 4 is 17.7 Å². The highest BCUT2D eigenvalue weighted by Gasteiger charge is 2.01. The maximum absolute atomic E-state index is 10.5. The minimum Gasteiger partial charge on any atom is -0.493 e. The predicted octanol–water partition coefficient (Wildman–Crippen LogP) is 3.08. The van der Waals surface area contributed by atoms with E-state index in [1.807, 2.05) is 23.9 Å². The largest absolute Gasteiger partial charge is 0.493 e. The molecule has 0 atom stereocenters. The summed E-state index contributed by atoms with van der Waals surface area (Å²) in [5.41, 5.74) is 0.795. The van der Waals surface area contributed by atoms with Crippen molar-refractivity contribution in [1.29, 1.82) is 0 Å². The molecule has 0 saturated carbocycles. The van der Waals surface area contributed by atoms with E-state index in [1.165, 1.54) is 0 Å². The van der Waals surface area contributed by atoms with E-state index in [4.69, 9.17) is 9.84 Å². The van der Waals surface area contributed by atoms with Crippen molar-refractivity contribution in [2.45, 2.75) is 20.3 Å². The number of benzene rings is 1. The Hall–Kier alpha value is -1.16. The summed E-state index contributed by atoms with van der Waals surface area (Å²) in [6, 6.07) is 7.24. The van der Waals surface area contributed by atoms with Crippen molar-refractivity contribution < 1.29 is 14.6 Å². The molecule has 0 fully saturated rings. The van der Waals surface area contributed by atoms with Gasteiger partial charge in [0, 0.05) is 5.75 Å². The van der Waals surface area contributed by atoms with Crippen LogP contribution in [0, 0.1) is 5.92 Å². The van der Waals surface area contributed by atoms with Gasteiger partial charge in [0.1, 0.15) is 5.75 Å². The number of rotatable bonds is 8. The lowest BCUT2D eigenvalue weighted by Crippen LogP contribution is -2.03. The molecule has 3 nitrogen and oxygen atoms in total. The van der Waals surface area contributed by atoms with Gasteiger partial charge in [0.05, 0.1) is 13.0 Å². The number of aliphatic carboxylic acids is 1. The van der Waals surface area contributed by atoms with E-state index >= 15 is 0 Å². The maximum atomic E-state index is 10.5. The second-order valence-electron chi connectivity index (χ2n) is 4.53. The van der Waals surface area contributed by atoms with Gasteiger partial charge in [-0.15, -0.1) is 0 Å². The molecule has 0 bridgehead atoms. The number of carboxylic acids is 1. The van der Waals surface area contributed by atoms with E-state index in [0.29, 0.717) is 12.5 Å². The van der Waals surface area contributed by atoms with Crippen molar-refractivity contribution in [2.24, 2.45) is 5.92 Å². The lowest BCUT2D eigenvalue weighted by Gasteiger charge is -2.07. The van der Waals surface area contributed by atoms with Gasteiger partial charge >= 0.3 is 5.97 Å². The van der Waals surface area contributed by atoms with Crippen molar-refractivity contribution in [2.75, 3.05) is 18.1 Å². The Morgan fingerprint density at radius 3 is 2.56 bits per heavy atom. The Morgan fingerprint density at radius 2 is 2.00 bits per heavy atom. The van der Waals surface area contributed by atoms with Gasteiger partial charge in [-0.2, -0.15) is 11.8 Å². The van der Waals surface area contributed by atoms with Gasteiger partial charge < -0.3 is 9.84 Å². The second kappa shape index (κ2) is 8.03. The normalized spacial score (nSPS) is 10.6. The van der Waals surface area contributed by atoms with Gasteiger partial charge in [0.2, 0.25) is 0 Å². The SMILES string of the molecule is CC(C)CSCCOc1ccc(CC(=O)O)cc1. The number of ether oxygens (including phenoxy) is 1. The Labute approximate surface area is 113 Å².